The number of aryl methyl sites for hydroxylation is 1. The number of benzene rings is 2. The van der Waals surface area contributed by atoms with Gasteiger partial charge in [0.25, 0.3) is 0 Å². The summed E-state index contributed by atoms with van der Waals surface area (Å²) in [5.41, 5.74) is 1.82. The van der Waals surface area contributed by atoms with Crippen molar-refractivity contribution in [3.63, 3.8) is 0 Å². The Bertz CT molecular complexity index is 1310. The number of amides is 1. The number of anilines is 1. The maximum absolute atomic E-state index is 12.7. The molecule has 0 saturated carbocycles. The van der Waals surface area contributed by atoms with Crippen LogP contribution in [0.1, 0.15) is 11.4 Å². The number of hydrogen-bond acceptors (Lipinski definition) is 8. The lowest BCUT2D eigenvalue weighted by atomic mass is 10.2. The molecule has 2 aromatic carbocycles. The van der Waals surface area contributed by atoms with Crippen molar-refractivity contribution in [1.82, 2.24) is 19.7 Å². The van der Waals surface area contributed by atoms with E-state index in [9.17, 15) is 13.2 Å². The number of fused-ring (bicyclic) bond motifs is 1. The molecule has 4 aromatic rings. The first-order valence-corrected chi connectivity index (χ1v) is 12.7. The average Bonchev–Trinajstić information content (AvgIpc) is 3.29. The standard InChI is InChI=1S/C20H19N5O3S3/c1-13-7-9-14(10-8-13)31(27,28)12-17-23-24-20(25(17)2)29-11-18(26)22-19-21-15-5-3-4-6-16(15)30-19/h3-10H,11-12H2,1-2H3,(H,21,22,26). The van der Waals surface area contributed by atoms with E-state index in [0.717, 1.165) is 15.8 Å². The van der Waals surface area contributed by atoms with Crippen LogP contribution in [-0.4, -0.2) is 39.8 Å². The van der Waals surface area contributed by atoms with Gasteiger partial charge in [-0.05, 0) is 31.2 Å². The minimum absolute atomic E-state index is 0.104. The predicted molar refractivity (Wildman–Crippen MR) is 122 cm³/mol. The van der Waals surface area contributed by atoms with Crippen molar-refractivity contribution in [3.05, 3.63) is 59.9 Å². The number of carbonyl (C=O) groups excluding carboxylic acids is 1. The molecule has 0 saturated heterocycles. The molecule has 1 N–H and O–H groups in total. The fourth-order valence-electron chi connectivity index (χ4n) is 2.81. The van der Waals surface area contributed by atoms with Crippen LogP contribution in [0.4, 0.5) is 5.13 Å². The van der Waals surface area contributed by atoms with E-state index in [0.29, 0.717) is 16.1 Å². The number of rotatable bonds is 7. The lowest BCUT2D eigenvalue weighted by Crippen LogP contribution is -2.14. The average molecular weight is 474 g/mol. The number of aromatic nitrogens is 4. The topological polar surface area (TPSA) is 107 Å². The van der Waals surface area contributed by atoms with Gasteiger partial charge in [0.15, 0.2) is 20.1 Å². The second-order valence-corrected chi connectivity index (χ2v) is 10.8. The first kappa shape index (κ1) is 21.5. The van der Waals surface area contributed by atoms with Crippen LogP contribution in [0.15, 0.2) is 58.6 Å². The Balaban J connectivity index is 1.38. The highest BCUT2D eigenvalue weighted by Crippen LogP contribution is 2.26. The first-order chi connectivity index (χ1) is 14.8. The normalized spacial score (nSPS) is 11.7. The molecule has 1 amide bonds. The summed E-state index contributed by atoms with van der Waals surface area (Å²) in [6.45, 7) is 1.90. The first-order valence-electron chi connectivity index (χ1n) is 9.28. The maximum Gasteiger partial charge on any atom is 0.236 e. The molecule has 0 radical (unpaired) electrons. The van der Waals surface area contributed by atoms with Gasteiger partial charge in [0, 0.05) is 7.05 Å². The van der Waals surface area contributed by atoms with Crippen LogP contribution in [0, 0.1) is 6.92 Å². The zero-order valence-corrected chi connectivity index (χ0v) is 19.2. The Labute approximate surface area is 187 Å². The molecule has 0 fully saturated rings. The van der Waals surface area contributed by atoms with Gasteiger partial charge < -0.3 is 9.88 Å². The van der Waals surface area contributed by atoms with Gasteiger partial charge in [-0.3, -0.25) is 4.79 Å². The zero-order chi connectivity index (χ0) is 22.0. The number of thiazole rings is 1. The highest BCUT2D eigenvalue weighted by atomic mass is 32.2. The van der Waals surface area contributed by atoms with E-state index in [2.05, 4.69) is 20.5 Å². The summed E-state index contributed by atoms with van der Waals surface area (Å²) in [6.07, 6.45) is 0. The molecule has 0 aliphatic heterocycles. The van der Waals surface area contributed by atoms with Gasteiger partial charge in [0.2, 0.25) is 5.91 Å². The number of thioether (sulfide) groups is 1. The molecule has 0 spiro atoms. The minimum Gasteiger partial charge on any atom is -0.308 e. The van der Waals surface area contributed by atoms with E-state index in [4.69, 9.17) is 0 Å². The Hall–Kier alpha value is -2.76. The van der Waals surface area contributed by atoms with Gasteiger partial charge in [-0.25, -0.2) is 13.4 Å². The smallest absolute Gasteiger partial charge is 0.236 e. The zero-order valence-electron chi connectivity index (χ0n) is 16.8. The number of hydrogen-bond donors (Lipinski definition) is 1. The fraction of sp³-hybridized carbons (Fsp3) is 0.200. The molecular formula is C20H19N5O3S3. The van der Waals surface area contributed by atoms with E-state index in [-0.39, 0.29) is 22.3 Å². The third-order valence-electron chi connectivity index (χ3n) is 4.50. The van der Waals surface area contributed by atoms with Gasteiger partial charge >= 0.3 is 0 Å². The Kier molecular flexibility index (Phi) is 6.08. The number of nitrogens with zero attached hydrogens (tertiary/aromatic N) is 4. The fourth-order valence-corrected chi connectivity index (χ4v) is 5.73. The Morgan fingerprint density at radius 3 is 2.61 bits per heavy atom. The maximum atomic E-state index is 12.7. The summed E-state index contributed by atoms with van der Waals surface area (Å²) in [5, 5.41) is 11.8. The quantitative estimate of drug-likeness (QED) is 0.410. The van der Waals surface area contributed by atoms with Crippen molar-refractivity contribution in [2.75, 3.05) is 11.1 Å². The lowest BCUT2D eigenvalue weighted by molar-refractivity contribution is -0.113. The third kappa shape index (κ3) is 4.94. The van der Waals surface area contributed by atoms with Crippen molar-refractivity contribution >= 4 is 54.2 Å². The third-order valence-corrected chi connectivity index (χ3v) is 8.10. The van der Waals surface area contributed by atoms with Gasteiger partial charge in [0.05, 0.1) is 20.9 Å². The van der Waals surface area contributed by atoms with Crippen molar-refractivity contribution < 1.29 is 13.2 Å². The second-order valence-electron chi connectivity index (χ2n) is 6.85. The molecule has 4 rings (SSSR count). The highest BCUT2D eigenvalue weighted by Gasteiger charge is 2.20. The Morgan fingerprint density at radius 1 is 1.13 bits per heavy atom. The van der Waals surface area contributed by atoms with Crippen LogP contribution in [-0.2, 0) is 27.4 Å². The van der Waals surface area contributed by atoms with Crippen LogP contribution in [0.5, 0.6) is 0 Å². The lowest BCUT2D eigenvalue weighted by Gasteiger charge is -2.06. The van der Waals surface area contributed by atoms with Crippen molar-refractivity contribution in [2.45, 2.75) is 22.7 Å². The molecule has 0 bridgehead atoms. The van der Waals surface area contributed by atoms with E-state index in [1.165, 1.54) is 23.1 Å². The van der Waals surface area contributed by atoms with Gasteiger partial charge in [-0.1, -0.05) is 52.9 Å². The second kappa shape index (κ2) is 8.77. The van der Waals surface area contributed by atoms with E-state index < -0.39 is 9.84 Å². The summed E-state index contributed by atoms with van der Waals surface area (Å²) in [5.74, 6) is -0.0690. The van der Waals surface area contributed by atoms with Gasteiger partial charge in [-0.15, -0.1) is 10.2 Å². The summed E-state index contributed by atoms with van der Waals surface area (Å²) >= 11 is 2.59. The van der Waals surface area contributed by atoms with Gasteiger partial charge in [0.1, 0.15) is 11.6 Å². The van der Waals surface area contributed by atoms with E-state index >= 15 is 0 Å². The summed E-state index contributed by atoms with van der Waals surface area (Å²) in [4.78, 5) is 16.9. The molecule has 31 heavy (non-hydrogen) atoms. The summed E-state index contributed by atoms with van der Waals surface area (Å²) < 4.78 is 27.9. The monoisotopic (exact) mass is 473 g/mol. The molecule has 0 aliphatic carbocycles. The summed E-state index contributed by atoms with van der Waals surface area (Å²) in [6, 6.07) is 14.3. The minimum atomic E-state index is -3.54. The van der Waals surface area contributed by atoms with Crippen LogP contribution in [0.2, 0.25) is 0 Å². The number of nitrogens with one attached hydrogen (secondary N) is 1. The van der Waals surface area contributed by atoms with E-state index in [1.807, 2.05) is 31.2 Å². The molecule has 0 unspecified atom stereocenters. The molecule has 11 heteroatoms. The van der Waals surface area contributed by atoms with Crippen LogP contribution < -0.4 is 5.32 Å². The molecule has 2 aromatic heterocycles. The summed E-state index contributed by atoms with van der Waals surface area (Å²) in [7, 11) is -1.85. The molecule has 0 aliphatic rings. The molecule has 2 heterocycles. The van der Waals surface area contributed by atoms with E-state index in [1.54, 1.807) is 35.9 Å². The van der Waals surface area contributed by atoms with Crippen molar-refractivity contribution in [1.29, 1.82) is 0 Å². The highest BCUT2D eigenvalue weighted by molar-refractivity contribution is 7.99. The SMILES string of the molecule is Cc1ccc(S(=O)(=O)Cc2nnc(SCC(=O)Nc3nc4ccccc4s3)n2C)cc1. The van der Waals surface area contributed by atoms with Crippen LogP contribution >= 0.6 is 23.1 Å². The van der Waals surface area contributed by atoms with Crippen LogP contribution in [0.3, 0.4) is 0 Å². The number of sulfone groups is 1. The molecule has 160 valence electrons. The van der Waals surface area contributed by atoms with Crippen LogP contribution in [0.25, 0.3) is 10.2 Å². The van der Waals surface area contributed by atoms with Crippen molar-refractivity contribution in [2.24, 2.45) is 7.05 Å². The largest absolute Gasteiger partial charge is 0.308 e. The number of carbonyl (C=O) groups is 1. The number of para-hydroxylation sites is 1. The predicted octanol–water partition coefficient (Wildman–Crippen LogP) is 3.44. The van der Waals surface area contributed by atoms with Crippen molar-refractivity contribution in [3.8, 4) is 0 Å². The Morgan fingerprint density at radius 2 is 1.87 bits per heavy atom. The van der Waals surface area contributed by atoms with Gasteiger partial charge in [-0.2, -0.15) is 0 Å². The molecule has 8 nitrogen and oxygen atoms in total. The molecular weight excluding hydrogens is 454 g/mol. The molecule has 0 atom stereocenters.